The second-order valence-electron chi connectivity index (χ2n) is 10.5. The van der Waals surface area contributed by atoms with E-state index in [0.29, 0.717) is 53.0 Å². The fourth-order valence-corrected chi connectivity index (χ4v) is 5.27. The lowest BCUT2D eigenvalue weighted by molar-refractivity contribution is -0.146. The molecule has 0 saturated carbocycles. The first-order valence-corrected chi connectivity index (χ1v) is 14.3. The molecule has 2 atom stereocenters. The van der Waals surface area contributed by atoms with Gasteiger partial charge in [0.05, 0.1) is 28.9 Å². The smallest absolute Gasteiger partial charge is 0.312 e. The number of carbonyl (C=O) groups excluding carboxylic acids is 3. The number of fused-ring (bicyclic) bond motifs is 4. The number of hydrogen-bond donors (Lipinski definition) is 2. The van der Waals surface area contributed by atoms with E-state index in [2.05, 4.69) is 30.7 Å². The van der Waals surface area contributed by atoms with Gasteiger partial charge < -0.3 is 15.4 Å². The van der Waals surface area contributed by atoms with Crippen LogP contribution in [0.2, 0.25) is 5.02 Å². The number of alkyl halides is 1. The summed E-state index contributed by atoms with van der Waals surface area (Å²) in [5, 5.41) is 13.9. The van der Waals surface area contributed by atoms with E-state index in [1.54, 1.807) is 43.5 Å². The number of rotatable bonds is 6. The maximum Gasteiger partial charge on any atom is 0.312 e. The van der Waals surface area contributed by atoms with Crippen molar-refractivity contribution in [1.29, 1.82) is 0 Å². The van der Waals surface area contributed by atoms with Gasteiger partial charge in [0.2, 0.25) is 12.8 Å². The molecule has 0 unspecified atom stereocenters. The number of esters is 1. The number of amides is 2. The van der Waals surface area contributed by atoms with Crippen LogP contribution in [0.4, 0.5) is 14.5 Å². The van der Waals surface area contributed by atoms with Gasteiger partial charge in [-0.25, -0.2) is 13.5 Å². The zero-order valence-corrected chi connectivity index (χ0v) is 24.7. The summed E-state index contributed by atoms with van der Waals surface area (Å²) in [4.78, 5) is 43.0. The van der Waals surface area contributed by atoms with Gasteiger partial charge in [0.25, 0.3) is 5.91 Å². The first-order chi connectivity index (χ1) is 21.2. The van der Waals surface area contributed by atoms with Gasteiger partial charge in [-0.1, -0.05) is 48.4 Å². The molecule has 13 heteroatoms. The van der Waals surface area contributed by atoms with Gasteiger partial charge in [-0.15, -0.1) is 5.10 Å². The summed E-state index contributed by atoms with van der Waals surface area (Å²) in [6, 6.07) is 12.7. The highest BCUT2D eigenvalue weighted by Gasteiger charge is 2.25. The number of halogens is 3. The van der Waals surface area contributed by atoms with Gasteiger partial charge in [0.1, 0.15) is 5.69 Å². The highest BCUT2D eigenvalue weighted by Crippen LogP contribution is 2.33. The van der Waals surface area contributed by atoms with Crippen LogP contribution in [-0.2, 0) is 20.7 Å². The molecule has 0 fully saturated rings. The van der Waals surface area contributed by atoms with Crippen LogP contribution in [0.15, 0.2) is 54.7 Å². The quantitative estimate of drug-likeness (QED) is 0.265. The van der Waals surface area contributed by atoms with Crippen LogP contribution in [0.25, 0.3) is 16.8 Å². The molecule has 1 aliphatic heterocycles. The second-order valence-corrected chi connectivity index (χ2v) is 10.9. The SMILES string of the molecule is Cc1c(C(=O)N[C@H]2CCC[C@@H](C)C(=O)Nc3cc(CC(=O)OCF)ccc3-c3ccnc2c3)nnn1-c1cccc(Cl)c1F. The number of anilines is 1. The molecule has 10 nitrogen and oxygen atoms in total. The average molecular weight is 623 g/mol. The van der Waals surface area contributed by atoms with Crippen molar-refractivity contribution in [3.63, 3.8) is 0 Å². The first-order valence-electron chi connectivity index (χ1n) is 14.0. The minimum atomic E-state index is -1.21. The van der Waals surface area contributed by atoms with E-state index in [-0.39, 0.29) is 34.6 Å². The topological polar surface area (TPSA) is 128 Å². The monoisotopic (exact) mass is 622 g/mol. The van der Waals surface area contributed by atoms with Gasteiger partial charge in [-0.05, 0) is 61.2 Å². The van der Waals surface area contributed by atoms with Crippen LogP contribution in [-0.4, -0.2) is 44.6 Å². The van der Waals surface area contributed by atoms with Gasteiger partial charge in [0.15, 0.2) is 11.5 Å². The Hall–Kier alpha value is -4.71. The summed E-state index contributed by atoms with van der Waals surface area (Å²) in [7, 11) is 0. The van der Waals surface area contributed by atoms with Crippen LogP contribution in [0, 0.1) is 18.7 Å². The number of pyridine rings is 1. The Labute approximate surface area is 256 Å². The van der Waals surface area contributed by atoms with Crippen LogP contribution < -0.4 is 10.6 Å². The number of nitrogens with one attached hydrogen (secondary N) is 2. The third kappa shape index (κ3) is 6.60. The summed E-state index contributed by atoms with van der Waals surface area (Å²) in [6.07, 6.45) is 3.05. The fourth-order valence-electron chi connectivity index (χ4n) is 5.10. The minimum Gasteiger partial charge on any atom is -0.433 e. The van der Waals surface area contributed by atoms with Crippen molar-refractivity contribution < 1.29 is 27.9 Å². The van der Waals surface area contributed by atoms with E-state index in [1.807, 2.05) is 13.0 Å². The molecule has 0 spiro atoms. The van der Waals surface area contributed by atoms with Crippen LogP contribution in [0.5, 0.6) is 0 Å². The molecule has 3 heterocycles. The fraction of sp³-hybridized carbons (Fsp3) is 0.290. The summed E-state index contributed by atoms with van der Waals surface area (Å²) in [6.45, 7) is 2.21. The molecule has 228 valence electrons. The highest BCUT2D eigenvalue weighted by atomic mass is 35.5. The van der Waals surface area contributed by atoms with Crippen LogP contribution in [0.1, 0.15) is 59.7 Å². The summed E-state index contributed by atoms with van der Waals surface area (Å²) < 4.78 is 32.8. The van der Waals surface area contributed by atoms with Crippen LogP contribution >= 0.6 is 11.6 Å². The Kier molecular flexibility index (Phi) is 9.29. The third-order valence-corrected chi connectivity index (χ3v) is 7.80. The molecule has 2 amide bonds. The predicted molar refractivity (Wildman–Crippen MR) is 158 cm³/mol. The summed E-state index contributed by atoms with van der Waals surface area (Å²) in [5.41, 5.74) is 3.40. The van der Waals surface area contributed by atoms with E-state index >= 15 is 0 Å². The van der Waals surface area contributed by atoms with E-state index in [4.69, 9.17) is 11.6 Å². The number of hydrogen-bond acceptors (Lipinski definition) is 7. The lowest BCUT2D eigenvalue weighted by Crippen LogP contribution is -2.30. The van der Waals surface area contributed by atoms with E-state index < -0.39 is 30.6 Å². The zero-order valence-electron chi connectivity index (χ0n) is 23.9. The highest BCUT2D eigenvalue weighted by molar-refractivity contribution is 6.30. The predicted octanol–water partition coefficient (Wildman–Crippen LogP) is 5.67. The van der Waals surface area contributed by atoms with Gasteiger partial charge in [0, 0.05) is 23.4 Å². The average Bonchev–Trinajstić information content (AvgIpc) is 3.38. The van der Waals surface area contributed by atoms with Crippen LogP contribution in [0.3, 0.4) is 0 Å². The Morgan fingerprint density at radius 2 is 2.00 bits per heavy atom. The molecule has 5 rings (SSSR count). The van der Waals surface area contributed by atoms with E-state index in [1.165, 1.54) is 16.8 Å². The largest absolute Gasteiger partial charge is 0.433 e. The molecule has 1 aliphatic rings. The first kappa shape index (κ1) is 30.7. The van der Waals surface area contributed by atoms with Crippen molar-refractivity contribution in [2.75, 3.05) is 12.2 Å². The number of nitrogens with zero attached hydrogens (tertiary/aromatic N) is 4. The maximum atomic E-state index is 14.7. The Morgan fingerprint density at radius 1 is 1.18 bits per heavy atom. The summed E-state index contributed by atoms with van der Waals surface area (Å²) >= 11 is 5.93. The molecule has 2 aromatic heterocycles. The van der Waals surface area contributed by atoms with Crippen molar-refractivity contribution in [3.05, 3.63) is 88.2 Å². The van der Waals surface area contributed by atoms with Crippen molar-refractivity contribution in [2.45, 2.75) is 45.6 Å². The van der Waals surface area contributed by atoms with Gasteiger partial charge in [-0.3, -0.25) is 19.4 Å². The molecule has 4 aromatic rings. The molecule has 0 saturated heterocycles. The Balaban J connectivity index is 1.47. The zero-order chi connectivity index (χ0) is 31.4. The van der Waals surface area contributed by atoms with Crippen molar-refractivity contribution in [1.82, 2.24) is 25.3 Å². The molecule has 44 heavy (non-hydrogen) atoms. The number of ether oxygens (including phenoxy) is 1. The lowest BCUT2D eigenvalue weighted by atomic mass is 9.94. The standard InChI is InChI=1S/C31H29ClF2N6O4/c1-17-5-3-7-23(36-31(43)29-18(2)40(39-38-29)26-8-4-6-22(32)28(26)34)25-15-20(11-12-35-25)21-10-9-19(14-27(41)44-16-33)13-24(21)37-30(17)42/h4,6,8-13,15,17,23H,3,5,7,14,16H2,1-2H3,(H,36,43)(H,37,42)/t17-,23+/m1/s1. The third-order valence-electron chi connectivity index (χ3n) is 7.51. The number of aromatic nitrogens is 4. The number of carbonyl (C=O) groups is 3. The Morgan fingerprint density at radius 3 is 2.80 bits per heavy atom. The molecule has 2 aromatic carbocycles. The van der Waals surface area contributed by atoms with Crippen molar-refractivity contribution >= 4 is 35.1 Å². The minimum absolute atomic E-state index is 0.0172. The maximum absolute atomic E-state index is 14.7. The van der Waals surface area contributed by atoms with Gasteiger partial charge in [-0.2, -0.15) is 0 Å². The molecular formula is C31H29ClF2N6O4. The van der Waals surface area contributed by atoms with Gasteiger partial charge >= 0.3 is 5.97 Å². The Bertz CT molecular complexity index is 1730. The normalized spacial score (nSPS) is 16.6. The molecule has 0 aliphatic carbocycles. The second kappa shape index (κ2) is 13.3. The number of benzene rings is 2. The lowest BCUT2D eigenvalue weighted by Gasteiger charge is -2.22. The van der Waals surface area contributed by atoms with E-state index in [9.17, 15) is 23.2 Å². The van der Waals surface area contributed by atoms with Crippen molar-refractivity contribution in [2.24, 2.45) is 5.92 Å². The summed E-state index contributed by atoms with van der Waals surface area (Å²) in [5.74, 6) is -2.49. The molecule has 2 bridgehead atoms. The van der Waals surface area contributed by atoms with Crippen molar-refractivity contribution in [3.8, 4) is 16.8 Å². The molecule has 0 radical (unpaired) electrons. The molecule has 2 N–H and O–H groups in total. The molecular weight excluding hydrogens is 594 g/mol. The van der Waals surface area contributed by atoms with E-state index in [0.717, 1.165) is 0 Å².